The molecule has 3 nitrogen and oxygen atoms in total. The van der Waals surface area contributed by atoms with E-state index in [2.05, 4.69) is 25.1 Å². The van der Waals surface area contributed by atoms with E-state index < -0.39 is 0 Å². The lowest BCUT2D eigenvalue weighted by Gasteiger charge is -2.32. The van der Waals surface area contributed by atoms with E-state index in [0.29, 0.717) is 12.0 Å². The van der Waals surface area contributed by atoms with E-state index in [1.54, 1.807) is 4.90 Å². The molecule has 84 valence electrons. The fraction of sp³-hybridized carbons (Fsp3) is 0.750. The second-order valence-corrected chi connectivity index (χ2v) is 4.47. The van der Waals surface area contributed by atoms with Gasteiger partial charge >= 0.3 is 0 Å². The Labute approximate surface area is 92.2 Å². The molecule has 1 heterocycles. The summed E-state index contributed by atoms with van der Waals surface area (Å²) in [5.74, 6) is 2.58. The number of piperidine rings is 1. The first-order valence-electron chi connectivity index (χ1n) is 5.62. The SMILES string of the molecule is C#CC(=O)N1CCCC(CNC(C)C)C1. The molecule has 1 saturated heterocycles. The zero-order chi connectivity index (χ0) is 11.3. The Balaban J connectivity index is 2.36. The van der Waals surface area contributed by atoms with Crippen molar-refractivity contribution in [1.29, 1.82) is 0 Å². The third-order valence-corrected chi connectivity index (χ3v) is 2.74. The minimum atomic E-state index is -0.163. The monoisotopic (exact) mass is 208 g/mol. The molecule has 0 radical (unpaired) electrons. The number of hydrogen-bond donors (Lipinski definition) is 1. The number of carbonyl (C=O) groups is 1. The molecule has 1 N–H and O–H groups in total. The van der Waals surface area contributed by atoms with Gasteiger partial charge in [0.25, 0.3) is 5.91 Å². The number of nitrogens with zero attached hydrogens (tertiary/aromatic N) is 1. The van der Waals surface area contributed by atoms with E-state index in [4.69, 9.17) is 6.42 Å². The molecule has 1 amide bonds. The van der Waals surface area contributed by atoms with E-state index in [1.807, 2.05) is 0 Å². The summed E-state index contributed by atoms with van der Waals surface area (Å²) in [5, 5.41) is 3.40. The number of terminal acetylenes is 1. The van der Waals surface area contributed by atoms with Crippen LogP contribution in [0.3, 0.4) is 0 Å². The molecule has 1 unspecified atom stereocenters. The summed E-state index contributed by atoms with van der Waals surface area (Å²) >= 11 is 0. The van der Waals surface area contributed by atoms with Crippen LogP contribution >= 0.6 is 0 Å². The predicted octanol–water partition coefficient (Wildman–Crippen LogP) is 0.856. The Bertz CT molecular complexity index is 255. The molecular weight excluding hydrogens is 188 g/mol. The lowest BCUT2D eigenvalue weighted by atomic mass is 9.97. The smallest absolute Gasteiger partial charge is 0.298 e. The van der Waals surface area contributed by atoms with Crippen molar-refractivity contribution in [1.82, 2.24) is 10.2 Å². The van der Waals surface area contributed by atoms with Crippen LogP contribution in [0, 0.1) is 18.3 Å². The largest absolute Gasteiger partial charge is 0.332 e. The van der Waals surface area contributed by atoms with Crippen molar-refractivity contribution >= 4 is 5.91 Å². The molecule has 1 fully saturated rings. The Hall–Kier alpha value is -1.01. The van der Waals surface area contributed by atoms with Gasteiger partial charge in [-0.1, -0.05) is 13.8 Å². The summed E-state index contributed by atoms with van der Waals surface area (Å²) in [5.41, 5.74) is 0. The van der Waals surface area contributed by atoms with Crippen molar-refractivity contribution in [3.8, 4) is 12.3 Å². The van der Waals surface area contributed by atoms with Gasteiger partial charge in [0, 0.05) is 19.1 Å². The van der Waals surface area contributed by atoms with Crippen LogP contribution in [0.5, 0.6) is 0 Å². The summed E-state index contributed by atoms with van der Waals surface area (Å²) < 4.78 is 0. The van der Waals surface area contributed by atoms with E-state index in [1.165, 1.54) is 6.42 Å². The Morgan fingerprint density at radius 2 is 2.40 bits per heavy atom. The quantitative estimate of drug-likeness (QED) is 0.698. The summed E-state index contributed by atoms with van der Waals surface area (Å²) in [6, 6.07) is 0.503. The van der Waals surface area contributed by atoms with Crippen molar-refractivity contribution in [3.63, 3.8) is 0 Å². The van der Waals surface area contributed by atoms with Crippen LogP contribution in [0.4, 0.5) is 0 Å². The van der Waals surface area contributed by atoms with Gasteiger partial charge in [-0.2, -0.15) is 0 Å². The minimum absolute atomic E-state index is 0.163. The van der Waals surface area contributed by atoms with Gasteiger partial charge in [-0.25, -0.2) is 0 Å². The van der Waals surface area contributed by atoms with Gasteiger partial charge in [0.05, 0.1) is 0 Å². The molecule has 15 heavy (non-hydrogen) atoms. The molecular formula is C12H20N2O. The second kappa shape index (κ2) is 5.77. The fourth-order valence-corrected chi connectivity index (χ4v) is 1.91. The van der Waals surface area contributed by atoms with E-state index in [9.17, 15) is 4.79 Å². The molecule has 1 aliphatic rings. The van der Waals surface area contributed by atoms with Crippen LogP contribution in [0.2, 0.25) is 0 Å². The Morgan fingerprint density at radius 3 is 3.00 bits per heavy atom. The molecule has 0 bridgehead atoms. The zero-order valence-corrected chi connectivity index (χ0v) is 9.62. The maximum Gasteiger partial charge on any atom is 0.298 e. The predicted molar refractivity (Wildman–Crippen MR) is 61.3 cm³/mol. The zero-order valence-electron chi connectivity index (χ0n) is 9.62. The van der Waals surface area contributed by atoms with Gasteiger partial charge in [0.1, 0.15) is 0 Å². The van der Waals surface area contributed by atoms with Crippen molar-refractivity contribution in [2.75, 3.05) is 19.6 Å². The molecule has 0 spiro atoms. The lowest BCUT2D eigenvalue weighted by molar-refractivity contribution is -0.126. The topological polar surface area (TPSA) is 32.3 Å². The number of hydrogen-bond acceptors (Lipinski definition) is 2. The molecule has 0 aromatic rings. The van der Waals surface area contributed by atoms with Crippen LogP contribution in [0.1, 0.15) is 26.7 Å². The molecule has 1 atom stereocenters. The van der Waals surface area contributed by atoms with Gasteiger partial charge in [-0.05, 0) is 31.2 Å². The second-order valence-electron chi connectivity index (χ2n) is 4.47. The third kappa shape index (κ3) is 3.93. The molecule has 0 aliphatic carbocycles. The summed E-state index contributed by atoms with van der Waals surface area (Å²) in [4.78, 5) is 13.1. The maximum atomic E-state index is 11.3. The van der Waals surface area contributed by atoms with Gasteiger partial charge < -0.3 is 10.2 Å². The molecule has 3 heteroatoms. The van der Waals surface area contributed by atoms with Crippen LogP contribution in [0.25, 0.3) is 0 Å². The van der Waals surface area contributed by atoms with Gasteiger partial charge in [0.2, 0.25) is 0 Å². The Morgan fingerprint density at radius 1 is 1.67 bits per heavy atom. The highest BCUT2D eigenvalue weighted by molar-refractivity contribution is 5.92. The number of nitrogens with one attached hydrogen (secondary N) is 1. The van der Waals surface area contributed by atoms with E-state index >= 15 is 0 Å². The third-order valence-electron chi connectivity index (χ3n) is 2.74. The number of carbonyl (C=O) groups excluding carboxylic acids is 1. The van der Waals surface area contributed by atoms with Crippen molar-refractivity contribution in [2.45, 2.75) is 32.7 Å². The van der Waals surface area contributed by atoms with Crippen LogP contribution in [-0.2, 0) is 4.79 Å². The van der Waals surface area contributed by atoms with Crippen molar-refractivity contribution < 1.29 is 4.79 Å². The van der Waals surface area contributed by atoms with Gasteiger partial charge in [-0.3, -0.25) is 4.79 Å². The molecule has 1 aliphatic heterocycles. The highest BCUT2D eigenvalue weighted by Crippen LogP contribution is 2.15. The Kier molecular flexibility index (Phi) is 4.64. The first-order valence-corrected chi connectivity index (χ1v) is 5.62. The first-order chi connectivity index (χ1) is 7.13. The molecule has 0 aromatic carbocycles. The summed E-state index contributed by atoms with van der Waals surface area (Å²) in [6.45, 7) is 6.87. The molecule has 1 rings (SSSR count). The highest BCUT2D eigenvalue weighted by Gasteiger charge is 2.22. The van der Waals surface area contributed by atoms with E-state index in [0.717, 1.165) is 26.1 Å². The van der Waals surface area contributed by atoms with Gasteiger partial charge in [-0.15, -0.1) is 6.42 Å². The standard InChI is InChI=1S/C12H20N2O/c1-4-12(15)14-7-5-6-11(9-14)8-13-10(2)3/h1,10-11,13H,5-9H2,2-3H3. The normalized spacial score (nSPS) is 21.5. The first kappa shape index (κ1) is 12.1. The average Bonchev–Trinajstić information content (AvgIpc) is 2.25. The van der Waals surface area contributed by atoms with Crippen LogP contribution in [0.15, 0.2) is 0 Å². The van der Waals surface area contributed by atoms with E-state index in [-0.39, 0.29) is 5.91 Å². The van der Waals surface area contributed by atoms with Crippen molar-refractivity contribution in [2.24, 2.45) is 5.92 Å². The molecule has 0 aromatic heterocycles. The summed E-state index contributed by atoms with van der Waals surface area (Å²) in [7, 11) is 0. The fourth-order valence-electron chi connectivity index (χ4n) is 1.91. The van der Waals surface area contributed by atoms with Crippen LogP contribution < -0.4 is 5.32 Å². The minimum Gasteiger partial charge on any atom is -0.332 e. The lowest BCUT2D eigenvalue weighted by Crippen LogP contribution is -2.43. The summed E-state index contributed by atoms with van der Waals surface area (Å²) in [6.07, 6.45) is 7.37. The van der Waals surface area contributed by atoms with Crippen LogP contribution in [-0.4, -0.2) is 36.5 Å². The number of rotatable bonds is 3. The number of likely N-dealkylation sites (tertiary alicyclic amines) is 1. The maximum absolute atomic E-state index is 11.3. The number of amides is 1. The highest BCUT2D eigenvalue weighted by atomic mass is 16.2. The average molecular weight is 208 g/mol. The molecule has 0 saturated carbocycles. The van der Waals surface area contributed by atoms with Crippen molar-refractivity contribution in [3.05, 3.63) is 0 Å². The van der Waals surface area contributed by atoms with Gasteiger partial charge in [0.15, 0.2) is 0 Å².